The highest BCUT2D eigenvalue weighted by Crippen LogP contribution is 2.13. The van der Waals surface area contributed by atoms with Crippen LogP contribution in [0.1, 0.15) is 18.1 Å². The smallest absolute Gasteiger partial charge is 0.213 e. The van der Waals surface area contributed by atoms with Gasteiger partial charge in [0, 0.05) is 12.6 Å². The standard InChI is InChI=1S/C15H18N2O/c1-3-18-15-9-8-14(11-17-15)16-10-13-6-4-12(2)5-7-13/h4-9,11,16H,3,10H2,1-2H3. The van der Waals surface area contributed by atoms with E-state index in [2.05, 4.69) is 41.5 Å². The topological polar surface area (TPSA) is 34.1 Å². The molecule has 0 aliphatic rings. The molecule has 0 saturated carbocycles. The zero-order chi connectivity index (χ0) is 12.8. The van der Waals surface area contributed by atoms with Gasteiger partial charge in [-0.1, -0.05) is 29.8 Å². The van der Waals surface area contributed by atoms with E-state index >= 15 is 0 Å². The molecule has 94 valence electrons. The second-order valence-corrected chi connectivity index (χ2v) is 4.16. The van der Waals surface area contributed by atoms with E-state index in [1.54, 1.807) is 6.20 Å². The number of benzene rings is 1. The summed E-state index contributed by atoms with van der Waals surface area (Å²) in [4.78, 5) is 4.21. The Bertz CT molecular complexity index is 477. The van der Waals surface area contributed by atoms with Gasteiger partial charge in [-0.15, -0.1) is 0 Å². The van der Waals surface area contributed by atoms with Crippen molar-refractivity contribution in [3.8, 4) is 5.88 Å². The van der Waals surface area contributed by atoms with Crippen molar-refractivity contribution < 1.29 is 4.74 Å². The summed E-state index contributed by atoms with van der Waals surface area (Å²) in [5, 5.41) is 3.33. The molecule has 0 atom stereocenters. The normalized spacial score (nSPS) is 10.1. The molecule has 18 heavy (non-hydrogen) atoms. The predicted molar refractivity (Wildman–Crippen MR) is 73.9 cm³/mol. The number of hydrogen-bond donors (Lipinski definition) is 1. The van der Waals surface area contributed by atoms with Crippen molar-refractivity contribution in [3.05, 3.63) is 53.7 Å². The quantitative estimate of drug-likeness (QED) is 0.872. The highest BCUT2D eigenvalue weighted by Gasteiger charge is 1.96. The van der Waals surface area contributed by atoms with Crippen LogP contribution in [-0.2, 0) is 6.54 Å². The van der Waals surface area contributed by atoms with Gasteiger partial charge < -0.3 is 10.1 Å². The number of anilines is 1. The van der Waals surface area contributed by atoms with Crippen LogP contribution in [0.25, 0.3) is 0 Å². The molecular formula is C15H18N2O. The highest BCUT2D eigenvalue weighted by molar-refractivity contribution is 5.42. The van der Waals surface area contributed by atoms with Gasteiger partial charge in [0.15, 0.2) is 0 Å². The number of nitrogens with zero attached hydrogens (tertiary/aromatic N) is 1. The number of aryl methyl sites for hydroxylation is 1. The molecule has 0 amide bonds. The van der Waals surface area contributed by atoms with Gasteiger partial charge in [0.1, 0.15) is 0 Å². The summed E-state index contributed by atoms with van der Waals surface area (Å²) < 4.78 is 5.30. The summed E-state index contributed by atoms with van der Waals surface area (Å²) in [5.74, 6) is 0.665. The monoisotopic (exact) mass is 242 g/mol. The molecule has 0 saturated heterocycles. The van der Waals surface area contributed by atoms with Crippen molar-refractivity contribution in [2.24, 2.45) is 0 Å². The SMILES string of the molecule is CCOc1ccc(NCc2ccc(C)cc2)cn1. The second-order valence-electron chi connectivity index (χ2n) is 4.16. The average molecular weight is 242 g/mol. The van der Waals surface area contributed by atoms with E-state index < -0.39 is 0 Å². The van der Waals surface area contributed by atoms with Crippen molar-refractivity contribution in [1.29, 1.82) is 0 Å². The maximum Gasteiger partial charge on any atom is 0.213 e. The van der Waals surface area contributed by atoms with Gasteiger partial charge >= 0.3 is 0 Å². The Morgan fingerprint density at radius 2 is 1.89 bits per heavy atom. The molecule has 1 N–H and O–H groups in total. The van der Waals surface area contributed by atoms with E-state index in [0.717, 1.165) is 12.2 Å². The van der Waals surface area contributed by atoms with Crippen LogP contribution >= 0.6 is 0 Å². The highest BCUT2D eigenvalue weighted by atomic mass is 16.5. The Hall–Kier alpha value is -2.03. The lowest BCUT2D eigenvalue weighted by molar-refractivity contribution is 0.327. The van der Waals surface area contributed by atoms with Gasteiger partial charge in [-0.2, -0.15) is 0 Å². The van der Waals surface area contributed by atoms with Crippen LogP contribution in [-0.4, -0.2) is 11.6 Å². The molecule has 0 fully saturated rings. The van der Waals surface area contributed by atoms with Crippen LogP contribution in [0.4, 0.5) is 5.69 Å². The predicted octanol–water partition coefficient (Wildman–Crippen LogP) is 3.40. The van der Waals surface area contributed by atoms with Crippen LogP contribution in [0.15, 0.2) is 42.6 Å². The Kier molecular flexibility index (Phi) is 4.18. The van der Waals surface area contributed by atoms with Gasteiger partial charge in [0.25, 0.3) is 0 Å². The fourth-order valence-electron chi connectivity index (χ4n) is 1.63. The van der Waals surface area contributed by atoms with Gasteiger partial charge in [-0.3, -0.25) is 0 Å². The molecule has 3 heteroatoms. The minimum Gasteiger partial charge on any atom is -0.478 e. The number of pyridine rings is 1. The first kappa shape index (κ1) is 12.4. The fourth-order valence-corrected chi connectivity index (χ4v) is 1.63. The minimum atomic E-state index is 0.642. The van der Waals surface area contributed by atoms with Crippen molar-refractivity contribution in [3.63, 3.8) is 0 Å². The van der Waals surface area contributed by atoms with Gasteiger partial charge in [-0.25, -0.2) is 4.98 Å². The number of rotatable bonds is 5. The first-order valence-corrected chi connectivity index (χ1v) is 6.16. The summed E-state index contributed by atoms with van der Waals surface area (Å²) in [6.45, 7) is 5.48. The molecule has 0 unspecified atom stereocenters. The van der Waals surface area contributed by atoms with Gasteiger partial charge in [0.2, 0.25) is 5.88 Å². The Balaban J connectivity index is 1.91. The molecule has 0 aliphatic carbocycles. The maximum atomic E-state index is 5.30. The van der Waals surface area contributed by atoms with Gasteiger partial charge in [-0.05, 0) is 25.5 Å². The van der Waals surface area contributed by atoms with E-state index in [1.807, 2.05) is 19.1 Å². The summed E-state index contributed by atoms with van der Waals surface area (Å²) in [5.41, 5.74) is 3.54. The number of ether oxygens (including phenoxy) is 1. The molecule has 2 rings (SSSR count). The van der Waals surface area contributed by atoms with E-state index in [1.165, 1.54) is 11.1 Å². The summed E-state index contributed by atoms with van der Waals surface area (Å²) in [6, 6.07) is 12.3. The molecule has 0 spiro atoms. The van der Waals surface area contributed by atoms with E-state index in [9.17, 15) is 0 Å². The molecular weight excluding hydrogens is 224 g/mol. The Morgan fingerprint density at radius 3 is 2.50 bits per heavy atom. The van der Waals surface area contributed by atoms with E-state index in [4.69, 9.17) is 4.74 Å². The third kappa shape index (κ3) is 3.48. The third-order valence-corrected chi connectivity index (χ3v) is 2.65. The Labute approximate surface area is 108 Å². The molecule has 1 aromatic heterocycles. The van der Waals surface area contributed by atoms with E-state index in [0.29, 0.717) is 12.5 Å². The van der Waals surface area contributed by atoms with Crippen LogP contribution in [0.3, 0.4) is 0 Å². The largest absolute Gasteiger partial charge is 0.478 e. The van der Waals surface area contributed by atoms with Crippen molar-refractivity contribution in [2.45, 2.75) is 20.4 Å². The number of nitrogens with one attached hydrogen (secondary N) is 1. The van der Waals surface area contributed by atoms with Crippen LogP contribution in [0.5, 0.6) is 5.88 Å². The molecule has 1 heterocycles. The molecule has 0 bridgehead atoms. The van der Waals surface area contributed by atoms with Gasteiger partial charge in [0.05, 0.1) is 18.5 Å². The molecule has 3 nitrogen and oxygen atoms in total. The van der Waals surface area contributed by atoms with Crippen LogP contribution in [0.2, 0.25) is 0 Å². The third-order valence-electron chi connectivity index (χ3n) is 2.65. The molecule has 1 aromatic carbocycles. The lowest BCUT2D eigenvalue weighted by Crippen LogP contribution is -2.00. The summed E-state index contributed by atoms with van der Waals surface area (Å²) >= 11 is 0. The molecule has 0 aliphatic heterocycles. The summed E-state index contributed by atoms with van der Waals surface area (Å²) in [7, 11) is 0. The Morgan fingerprint density at radius 1 is 1.11 bits per heavy atom. The fraction of sp³-hybridized carbons (Fsp3) is 0.267. The second kappa shape index (κ2) is 6.05. The lowest BCUT2D eigenvalue weighted by Gasteiger charge is -2.07. The zero-order valence-corrected chi connectivity index (χ0v) is 10.8. The average Bonchev–Trinajstić information content (AvgIpc) is 2.40. The zero-order valence-electron chi connectivity index (χ0n) is 10.8. The molecule has 0 radical (unpaired) electrons. The van der Waals surface area contributed by atoms with Crippen molar-refractivity contribution in [2.75, 3.05) is 11.9 Å². The summed E-state index contributed by atoms with van der Waals surface area (Å²) in [6.07, 6.45) is 1.79. The first-order chi connectivity index (χ1) is 8.78. The first-order valence-electron chi connectivity index (χ1n) is 6.16. The van der Waals surface area contributed by atoms with E-state index in [-0.39, 0.29) is 0 Å². The minimum absolute atomic E-state index is 0.642. The van der Waals surface area contributed by atoms with Crippen molar-refractivity contribution >= 4 is 5.69 Å². The van der Waals surface area contributed by atoms with Crippen LogP contribution < -0.4 is 10.1 Å². The van der Waals surface area contributed by atoms with Crippen molar-refractivity contribution in [1.82, 2.24) is 4.98 Å². The lowest BCUT2D eigenvalue weighted by atomic mass is 10.1. The number of aromatic nitrogens is 1. The van der Waals surface area contributed by atoms with Crippen LogP contribution in [0, 0.1) is 6.92 Å². The maximum absolute atomic E-state index is 5.30. The number of hydrogen-bond acceptors (Lipinski definition) is 3. The molecule has 2 aromatic rings.